The van der Waals surface area contributed by atoms with Crippen LogP contribution in [0.1, 0.15) is 13.8 Å². The fourth-order valence-corrected chi connectivity index (χ4v) is 2.10. The van der Waals surface area contributed by atoms with Crippen LogP contribution < -0.4 is 15.4 Å². The summed E-state index contributed by atoms with van der Waals surface area (Å²) in [4.78, 5) is 4.31. The Morgan fingerprint density at radius 2 is 2.08 bits per heavy atom. The van der Waals surface area contributed by atoms with Gasteiger partial charge in [-0.3, -0.25) is 4.99 Å². The second kappa shape index (κ2) is 12.2. The summed E-state index contributed by atoms with van der Waals surface area (Å²) >= 11 is 11.9. The molecule has 1 aromatic rings. The van der Waals surface area contributed by atoms with E-state index in [-0.39, 0.29) is 13.2 Å². The molecule has 0 amide bonds. The Labute approximate surface area is 153 Å². The van der Waals surface area contributed by atoms with Crippen LogP contribution in [0.15, 0.2) is 23.2 Å². The van der Waals surface area contributed by atoms with E-state index in [4.69, 9.17) is 32.7 Å². The van der Waals surface area contributed by atoms with Crippen molar-refractivity contribution in [3.05, 3.63) is 28.2 Å². The Morgan fingerprint density at radius 3 is 2.79 bits per heavy atom. The fraction of sp³-hybridized carbons (Fsp3) is 0.562. The van der Waals surface area contributed by atoms with Crippen LogP contribution in [0.3, 0.4) is 0 Å². The predicted octanol–water partition coefficient (Wildman–Crippen LogP) is 2.32. The summed E-state index contributed by atoms with van der Waals surface area (Å²) in [6, 6.07) is 5.11. The highest BCUT2D eigenvalue weighted by molar-refractivity contribution is 6.42. The van der Waals surface area contributed by atoms with Gasteiger partial charge in [0.15, 0.2) is 5.96 Å². The molecule has 0 radical (unpaired) electrons. The molecule has 3 N–H and O–H groups in total. The third kappa shape index (κ3) is 8.06. The minimum Gasteiger partial charge on any atom is -0.489 e. The number of hydrogen-bond acceptors (Lipinski definition) is 4. The van der Waals surface area contributed by atoms with Gasteiger partial charge in [0, 0.05) is 19.7 Å². The van der Waals surface area contributed by atoms with Crippen molar-refractivity contribution in [1.82, 2.24) is 10.6 Å². The summed E-state index contributed by atoms with van der Waals surface area (Å²) in [6.07, 6.45) is -0.762. The van der Waals surface area contributed by atoms with Crippen LogP contribution in [0.25, 0.3) is 0 Å². The van der Waals surface area contributed by atoms with Crippen LogP contribution in [-0.2, 0) is 4.74 Å². The second-order valence-corrected chi connectivity index (χ2v) is 5.65. The van der Waals surface area contributed by atoms with Gasteiger partial charge in [0.2, 0.25) is 0 Å². The van der Waals surface area contributed by atoms with Gasteiger partial charge in [-0.05, 0) is 26.0 Å². The van der Waals surface area contributed by atoms with Gasteiger partial charge in [0.25, 0.3) is 0 Å². The maximum atomic E-state index is 10.0. The van der Waals surface area contributed by atoms with E-state index in [1.807, 2.05) is 13.8 Å². The molecule has 0 spiro atoms. The van der Waals surface area contributed by atoms with Crippen molar-refractivity contribution in [2.45, 2.75) is 20.0 Å². The van der Waals surface area contributed by atoms with Crippen LogP contribution in [0, 0.1) is 0 Å². The van der Waals surface area contributed by atoms with E-state index in [2.05, 4.69) is 15.6 Å². The summed E-state index contributed by atoms with van der Waals surface area (Å²) in [5.41, 5.74) is 0. The Morgan fingerprint density at radius 1 is 1.29 bits per heavy atom. The lowest BCUT2D eigenvalue weighted by Gasteiger charge is -2.14. The number of aliphatic hydroxyl groups excluding tert-OH is 1. The first-order valence-electron chi connectivity index (χ1n) is 7.93. The zero-order chi connectivity index (χ0) is 17.8. The Bertz CT molecular complexity index is 515. The zero-order valence-corrected chi connectivity index (χ0v) is 15.5. The molecule has 0 saturated heterocycles. The first-order chi connectivity index (χ1) is 11.6. The van der Waals surface area contributed by atoms with Crippen molar-refractivity contribution >= 4 is 29.2 Å². The standard InChI is InChI=1S/C16H25Cl2N3O3/c1-3-19-16(20-8-9-23-4-2)21-10-12(22)11-24-14-7-5-6-13(17)15(14)18/h5-7,12,22H,3-4,8-11H2,1-2H3,(H2,19,20,21). The van der Waals surface area contributed by atoms with Gasteiger partial charge >= 0.3 is 0 Å². The average molecular weight is 378 g/mol. The molecule has 0 aromatic heterocycles. The van der Waals surface area contributed by atoms with Crippen LogP contribution in [0.2, 0.25) is 10.0 Å². The topological polar surface area (TPSA) is 75.1 Å². The van der Waals surface area contributed by atoms with E-state index in [1.165, 1.54) is 0 Å². The lowest BCUT2D eigenvalue weighted by molar-refractivity contribution is 0.114. The lowest BCUT2D eigenvalue weighted by Crippen LogP contribution is -2.39. The smallest absolute Gasteiger partial charge is 0.191 e. The van der Waals surface area contributed by atoms with Gasteiger partial charge in [-0.1, -0.05) is 29.3 Å². The van der Waals surface area contributed by atoms with Crippen molar-refractivity contribution < 1.29 is 14.6 Å². The van der Waals surface area contributed by atoms with Crippen molar-refractivity contribution in [3.63, 3.8) is 0 Å². The van der Waals surface area contributed by atoms with Crippen LogP contribution >= 0.6 is 23.2 Å². The number of nitrogens with zero attached hydrogens (tertiary/aromatic N) is 1. The van der Waals surface area contributed by atoms with Gasteiger partial charge in [-0.15, -0.1) is 0 Å². The van der Waals surface area contributed by atoms with Gasteiger partial charge in [0.1, 0.15) is 23.5 Å². The first kappa shape index (κ1) is 20.8. The molecule has 0 aliphatic rings. The summed E-state index contributed by atoms with van der Waals surface area (Å²) in [6.45, 7) is 6.83. The van der Waals surface area contributed by atoms with Crippen molar-refractivity contribution in [2.75, 3.05) is 39.5 Å². The van der Waals surface area contributed by atoms with Gasteiger partial charge in [-0.25, -0.2) is 0 Å². The maximum Gasteiger partial charge on any atom is 0.191 e. The van der Waals surface area contributed by atoms with Crippen LogP contribution in [0.4, 0.5) is 0 Å². The molecule has 136 valence electrons. The van der Waals surface area contributed by atoms with Crippen molar-refractivity contribution in [1.29, 1.82) is 0 Å². The number of guanidine groups is 1. The maximum absolute atomic E-state index is 10.0. The summed E-state index contributed by atoms with van der Waals surface area (Å²) in [5, 5.41) is 17.0. The van der Waals surface area contributed by atoms with Gasteiger partial charge < -0.3 is 25.2 Å². The number of ether oxygens (including phenoxy) is 2. The molecular formula is C16H25Cl2N3O3. The number of nitrogens with one attached hydrogen (secondary N) is 2. The van der Waals surface area contributed by atoms with Crippen molar-refractivity contribution in [2.24, 2.45) is 4.99 Å². The highest BCUT2D eigenvalue weighted by atomic mass is 35.5. The summed E-state index contributed by atoms with van der Waals surface area (Å²) in [5.74, 6) is 1.06. The van der Waals surface area contributed by atoms with E-state index in [0.717, 1.165) is 6.54 Å². The molecule has 0 bridgehead atoms. The number of aliphatic imine (C=N–C) groups is 1. The first-order valence-corrected chi connectivity index (χ1v) is 8.68. The molecule has 8 heteroatoms. The number of aliphatic hydroxyl groups is 1. The van der Waals surface area contributed by atoms with Crippen LogP contribution in [0.5, 0.6) is 5.75 Å². The third-order valence-electron chi connectivity index (χ3n) is 2.89. The Kier molecular flexibility index (Phi) is 10.6. The van der Waals surface area contributed by atoms with E-state index < -0.39 is 6.10 Å². The highest BCUT2D eigenvalue weighted by Crippen LogP contribution is 2.31. The van der Waals surface area contributed by atoms with Gasteiger partial charge in [-0.2, -0.15) is 0 Å². The minimum atomic E-state index is -0.762. The molecule has 0 heterocycles. The molecule has 1 unspecified atom stereocenters. The lowest BCUT2D eigenvalue weighted by atomic mass is 10.3. The average Bonchev–Trinajstić information content (AvgIpc) is 2.57. The normalized spacial score (nSPS) is 12.8. The predicted molar refractivity (Wildman–Crippen MR) is 98.4 cm³/mol. The van der Waals surface area contributed by atoms with Crippen molar-refractivity contribution in [3.8, 4) is 5.75 Å². The molecule has 0 fully saturated rings. The van der Waals surface area contributed by atoms with Crippen LogP contribution in [-0.4, -0.2) is 56.6 Å². The fourth-order valence-electron chi connectivity index (χ4n) is 1.76. The Hall–Kier alpha value is -1.21. The third-order valence-corrected chi connectivity index (χ3v) is 3.70. The molecule has 0 aliphatic carbocycles. The molecule has 1 aromatic carbocycles. The number of halogens is 2. The minimum absolute atomic E-state index is 0.0713. The summed E-state index contributed by atoms with van der Waals surface area (Å²) < 4.78 is 10.7. The highest BCUT2D eigenvalue weighted by Gasteiger charge is 2.09. The van der Waals surface area contributed by atoms with E-state index in [9.17, 15) is 5.11 Å². The molecule has 24 heavy (non-hydrogen) atoms. The monoisotopic (exact) mass is 377 g/mol. The Balaban J connectivity index is 2.42. The SMILES string of the molecule is CCNC(=NCC(O)COc1cccc(Cl)c1Cl)NCCOCC. The van der Waals surface area contributed by atoms with E-state index >= 15 is 0 Å². The molecule has 0 saturated carbocycles. The molecular weight excluding hydrogens is 353 g/mol. The number of benzene rings is 1. The van der Waals surface area contributed by atoms with E-state index in [1.54, 1.807) is 18.2 Å². The molecule has 1 atom stereocenters. The number of rotatable bonds is 10. The zero-order valence-electron chi connectivity index (χ0n) is 14.0. The molecule has 1 rings (SSSR count). The number of hydrogen-bond donors (Lipinski definition) is 3. The van der Waals surface area contributed by atoms with Gasteiger partial charge in [0.05, 0.1) is 18.2 Å². The summed E-state index contributed by atoms with van der Waals surface area (Å²) in [7, 11) is 0. The molecule has 0 aliphatic heterocycles. The second-order valence-electron chi connectivity index (χ2n) is 4.86. The quantitative estimate of drug-likeness (QED) is 0.331. The van der Waals surface area contributed by atoms with E-state index in [0.29, 0.717) is 41.5 Å². The largest absolute Gasteiger partial charge is 0.489 e. The molecule has 6 nitrogen and oxygen atoms in total.